The predicted octanol–water partition coefficient (Wildman–Crippen LogP) is 1.13. The molecule has 22 heavy (non-hydrogen) atoms. The van der Waals surface area contributed by atoms with Gasteiger partial charge in [-0.05, 0) is 19.1 Å². The maximum atomic E-state index is 9.02. The van der Waals surface area contributed by atoms with Crippen LogP contribution in [0.2, 0.25) is 0 Å². The molecule has 1 fully saturated rings. The first-order chi connectivity index (χ1) is 10.7. The molecule has 5 heteroatoms. The zero-order chi connectivity index (χ0) is 15.5. The van der Waals surface area contributed by atoms with Crippen LogP contribution < -0.4 is 9.47 Å². The van der Waals surface area contributed by atoms with E-state index >= 15 is 0 Å². The molecule has 2 aliphatic heterocycles. The number of benzene rings is 1. The molecule has 0 aliphatic carbocycles. The maximum Gasteiger partial charge on any atom is 0.127 e. The second-order valence-electron chi connectivity index (χ2n) is 6.25. The van der Waals surface area contributed by atoms with Gasteiger partial charge < -0.3 is 14.6 Å². The molecule has 3 rings (SSSR count). The third-order valence-electron chi connectivity index (χ3n) is 4.55. The van der Waals surface area contributed by atoms with Gasteiger partial charge in [0.25, 0.3) is 0 Å². The number of β-amino-alcohol motifs (C(OH)–C–C–N with tert-alkyl or cyclic N) is 1. The Labute approximate surface area is 132 Å². The normalized spacial score (nSPS) is 22.4. The quantitative estimate of drug-likeness (QED) is 0.883. The summed E-state index contributed by atoms with van der Waals surface area (Å²) < 4.78 is 11.5. The van der Waals surface area contributed by atoms with Crippen molar-refractivity contribution in [3.8, 4) is 11.5 Å². The Balaban J connectivity index is 1.69. The predicted molar refractivity (Wildman–Crippen MR) is 85.6 cm³/mol. The van der Waals surface area contributed by atoms with Crippen LogP contribution >= 0.6 is 0 Å². The average Bonchev–Trinajstić information content (AvgIpc) is 2.90. The highest BCUT2D eigenvalue weighted by Crippen LogP contribution is 2.36. The molecule has 2 heterocycles. The first kappa shape index (κ1) is 15.6. The summed E-state index contributed by atoms with van der Waals surface area (Å²) in [6.45, 7) is 8.14. The standard InChI is InChI=1S/C17H26N2O3/c1-13-9-14-10-16(21-2)11-15(17(14)22-13)12-19-5-3-18(4-6-19)7-8-20/h10-11,13,20H,3-9,12H2,1-2H3. The summed E-state index contributed by atoms with van der Waals surface area (Å²) in [6, 6.07) is 4.21. The van der Waals surface area contributed by atoms with Crippen molar-refractivity contribution >= 4 is 0 Å². The van der Waals surface area contributed by atoms with E-state index in [9.17, 15) is 0 Å². The minimum atomic E-state index is 0.245. The first-order valence-electron chi connectivity index (χ1n) is 8.11. The summed E-state index contributed by atoms with van der Waals surface area (Å²) in [5.74, 6) is 1.98. The van der Waals surface area contributed by atoms with Crippen molar-refractivity contribution in [2.75, 3.05) is 46.4 Å². The lowest BCUT2D eigenvalue weighted by Crippen LogP contribution is -2.46. The fraction of sp³-hybridized carbons (Fsp3) is 0.647. The summed E-state index contributed by atoms with van der Waals surface area (Å²) in [5, 5.41) is 9.02. The molecule has 1 aromatic rings. The number of aliphatic hydroxyl groups excluding tert-OH is 1. The number of hydrogen-bond acceptors (Lipinski definition) is 5. The Bertz CT molecular complexity index is 513. The number of rotatable bonds is 5. The molecule has 0 radical (unpaired) electrons. The first-order valence-corrected chi connectivity index (χ1v) is 8.11. The van der Waals surface area contributed by atoms with E-state index in [1.807, 2.05) is 0 Å². The molecule has 1 N–H and O–H groups in total. The molecular formula is C17H26N2O3. The van der Waals surface area contributed by atoms with Crippen LogP contribution in [0, 0.1) is 0 Å². The zero-order valence-electron chi connectivity index (χ0n) is 13.5. The molecule has 2 aliphatic rings. The Morgan fingerprint density at radius 3 is 2.64 bits per heavy atom. The Morgan fingerprint density at radius 1 is 1.23 bits per heavy atom. The van der Waals surface area contributed by atoms with Crippen LogP contribution in [0.25, 0.3) is 0 Å². The second kappa shape index (κ2) is 6.86. The molecule has 1 saturated heterocycles. The average molecular weight is 306 g/mol. The second-order valence-corrected chi connectivity index (χ2v) is 6.25. The smallest absolute Gasteiger partial charge is 0.127 e. The number of hydrogen-bond donors (Lipinski definition) is 1. The Hall–Kier alpha value is -1.30. The monoisotopic (exact) mass is 306 g/mol. The Morgan fingerprint density at radius 2 is 1.95 bits per heavy atom. The lowest BCUT2D eigenvalue weighted by molar-refractivity contribution is 0.107. The van der Waals surface area contributed by atoms with Gasteiger partial charge in [-0.25, -0.2) is 0 Å². The highest BCUT2D eigenvalue weighted by molar-refractivity contribution is 5.49. The number of methoxy groups -OCH3 is 1. The summed E-state index contributed by atoms with van der Waals surface area (Å²) in [4.78, 5) is 4.76. The van der Waals surface area contributed by atoms with Gasteiger partial charge in [-0.15, -0.1) is 0 Å². The fourth-order valence-corrected chi connectivity index (χ4v) is 3.37. The van der Waals surface area contributed by atoms with Gasteiger partial charge in [0.05, 0.1) is 13.7 Å². The van der Waals surface area contributed by atoms with Gasteiger partial charge in [0.2, 0.25) is 0 Å². The number of fused-ring (bicyclic) bond motifs is 1. The van der Waals surface area contributed by atoms with E-state index in [0.717, 1.165) is 57.2 Å². The molecule has 1 aromatic carbocycles. The van der Waals surface area contributed by atoms with Gasteiger partial charge in [-0.1, -0.05) is 0 Å². The number of nitrogens with zero attached hydrogens (tertiary/aromatic N) is 2. The van der Waals surface area contributed by atoms with Gasteiger partial charge in [-0.3, -0.25) is 9.80 Å². The highest BCUT2D eigenvalue weighted by atomic mass is 16.5. The summed E-state index contributed by atoms with van der Waals surface area (Å²) in [7, 11) is 1.72. The molecular weight excluding hydrogens is 280 g/mol. The molecule has 0 bridgehead atoms. The van der Waals surface area contributed by atoms with E-state index < -0.39 is 0 Å². The van der Waals surface area contributed by atoms with Gasteiger partial charge >= 0.3 is 0 Å². The molecule has 0 spiro atoms. The molecule has 1 atom stereocenters. The van der Waals surface area contributed by atoms with Gasteiger partial charge in [-0.2, -0.15) is 0 Å². The van der Waals surface area contributed by atoms with Crippen LogP contribution in [0.1, 0.15) is 18.1 Å². The highest BCUT2D eigenvalue weighted by Gasteiger charge is 2.25. The lowest BCUT2D eigenvalue weighted by atomic mass is 10.1. The van der Waals surface area contributed by atoms with E-state index in [-0.39, 0.29) is 12.7 Å². The van der Waals surface area contributed by atoms with Crippen molar-refractivity contribution in [2.45, 2.75) is 26.0 Å². The van der Waals surface area contributed by atoms with Crippen LogP contribution in [0.15, 0.2) is 12.1 Å². The molecule has 122 valence electrons. The van der Waals surface area contributed by atoms with E-state index in [1.165, 1.54) is 11.1 Å². The van der Waals surface area contributed by atoms with Crippen molar-refractivity contribution in [1.29, 1.82) is 0 Å². The Kier molecular flexibility index (Phi) is 4.86. The van der Waals surface area contributed by atoms with Crippen LogP contribution in [0.4, 0.5) is 0 Å². The lowest BCUT2D eigenvalue weighted by Gasteiger charge is -2.34. The number of piperazine rings is 1. The minimum Gasteiger partial charge on any atom is -0.497 e. The van der Waals surface area contributed by atoms with E-state index in [2.05, 4.69) is 28.9 Å². The SMILES string of the molecule is COc1cc2c(c(CN3CCN(CCO)CC3)c1)OC(C)C2. The van der Waals surface area contributed by atoms with E-state index in [0.29, 0.717) is 0 Å². The molecule has 0 aromatic heterocycles. The third kappa shape index (κ3) is 3.37. The summed E-state index contributed by atoms with van der Waals surface area (Å²) >= 11 is 0. The maximum absolute atomic E-state index is 9.02. The molecule has 1 unspecified atom stereocenters. The topological polar surface area (TPSA) is 45.2 Å². The summed E-state index contributed by atoms with van der Waals surface area (Å²) in [5.41, 5.74) is 2.50. The van der Waals surface area contributed by atoms with Crippen molar-refractivity contribution < 1.29 is 14.6 Å². The number of ether oxygens (including phenoxy) is 2. The van der Waals surface area contributed by atoms with E-state index in [1.54, 1.807) is 7.11 Å². The van der Waals surface area contributed by atoms with Crippen molar-refractivity contribution in [3.05, 3.63) is 23.3 Å². The third-order valence-corrected chi connectivity index (χ3v) is 4.55. The molecule has 5 nitrogen and oxygen atoms in total. The molecule has 0 saturated carbocycles. The van der Waals surface area contributed by atoms with Gasteiger partial charge in [0, 0.05) is 56.8 Å². The van der Waals surface area contributed by atoms with Gasteiger partial charge in [0.15, 0.2) is 0 Å². The zero-order valence-corrected chi connectivity index (χ0v) is 13.5. The van der Waals surface area contributed by atoms with Gasteiger partial charge in [0.1, 0.15) is 17.6 Å². The van der Waals surface area contributed by atoms with Crippen LogP contribution in [-0.4, -0.2) is 67.5 Å². The van der Waals surface area contributed by atoms with E-state index in [4.69, 9.17) is 14.6 Å². The van der Waals surface area contributed by atoms with Crippen molar-refractivity contribution in [3.63, 3.8) is 0 Å². The van der Waals surface area contributed by atoms with Crippen LogP contribution in [0.3, 0.4) is 0 Å². The van der Waals surface area contributed by atoms with Crippen LogP contribution in [0.5, 0.6) is 11.5 Å². The largest absolute Gasteiger partial charge is 0.497 e. The van der Waals surface area contributed by atoms with Crippen molar-refractivity contribution in [1.82, 2.24) is 9.80 Å². The molecule has 0 amide bonds. The minimum absolute atomic E-state index is 0.245. The fourth-order valence-electron chi connectivity index (χ4n) is 3.37. The number of aliphatic hydroxyl groups is 1. The summed E-state index contributed by atoms with van der Waals surface area (Å²) in [6.07, 6.45) is 1.21. The van der Waals surface area contributed by atoms with Crippen molar-refractivity contribution in [2.24, 2.45) is 0 Å². The van der Waals surface area contributed by atoms with Crippen LogP contribution in [-0.2, 0) is 13.0 Å².